The van der Waals surface area contributed by atoms with Gasteiger partial charge in [0.2, 0.25) is 0 Å². The number of cyclic esters (lactones) is 1. The van der Waals surface area contributed by atoms with E-state index in [1.54, 1.807) is 41.5 Å². The molecule has 3 aliphatic rings. The minimum Gasteiger partial charge on any atom is -0.479 e. The second-order valence-electron chi connectivity index (χ2n) is 19.0. The number of nitrogens with zero attached hydrogens (tertiary/aromatic N) is 1. The van der Waals surface area contributed by atoms with E-state index in [0.717, 1.165) is 0 Å². The highest BCUT2D eigenvalue weighted by Crippen LogP contribution is 2.41. The molecule has 0 aromatic rings. The molecule has 21 nitrogen and oxygen atoms in total. The van der Waals surface area contributed by atoms with E-state index in [0.29, 0.717) is 6.42 Å². The number of carbonyl (C=O) groups is 3. The predicted octanol–water partition coefficient (Wildman–Crippen LogP) is -1.71. The summed E-state index contributed by atoms with van der Waals surface area (Å²) < 4.78 is 37.1. The van der Waals surface area contributed by atoms with Crippen molar-refractivity contribution < 1.29 is 99.0 Å². The van der Waals surface area contributed by atoms with Crippen LogP contribution in [-0.2, 0) is 42.8 Å². The van der Waals surface area contributed by atoms with Crippen LogP contribution in [-0.4, -0.2) is 215 Å². The summed E-state index contributed by atoms with van der Waals surface area (Å²) in [6.45, 7) is 15.5. The third-order valence-electron chi connectivity index (χ3n) is 13.3. The highest BCUT2D eigenvalue weighted by atomic mass is 16.7. The zero-order valence-electron chi connectivity index (χ0n) is 39.5. The number of carboxylic acids is 1. The maximum atomic E-state index is 14.1. The molecule has 22 atom stereocenters. The van der Waals surface area contributed by atoms with Crippen molar-refractivity contribution in [3.63, 3.8) is 0 Å². The third-order valence-corrected chi connectivity index (χ3v) is 13.3. The van der Waals surface area contributed by atoms with Crippen LogP contribution in [0.25, 0.3) is 0 Å². The number of Topliss-reactive ketones (excluding diaryl/α,β-unsaturated/α-hetero) is 1. The second-order valence-corrected chi connectivity index (χ2v) is 19.0. The molecular weight excluding hydrogens is 850 g/mol. The van der Waals surface area contributed by atoms with Gasteiger partial charge in [0, 0.05) is 37.3 Å². The van der Waals surface area contributed by atoms with Gasteiger partial charge in [-0.05, 0) is 74.9 Å². The topological polar surface area (TPSA) is 332 Å². The summed E-state index contributed by atoms with van der Waals surface area (Å²) in [5, 5.41) is 109. The third kappa shape index (κ3) is 13.8. The molecule has 64 heavy (non-hydrogen) atoms. The van der Waals surface area contributed by atoms with Crippen LogP contribution in [0, 0.1) is 23.7 Å². The Labute approximate surface area is 376 Å². The molecule has 0 radical (unpaired) electrons. The molecule has 3 rings (SSSR count). The first-order chi connectivity index (χ1) is 29.3. The van der Waals surface area contributed by atoms with Crippen molar-refractivity contribution in [2.75, 3.05) is 27.8 Å². The van der Waals surface area contributed by atoms with Gasteiger partial charge in [0.05, 0.1) is 54.2 Å². The number of ketones is 1. The maximum Gasteiger partial charge on any atom is 0.335 e. The molecule has 0 bridgehead atoms. The summed E-state index contributed by atoms with van der Waals surface area (Å²) in [5.41, 5.74) is -4.84. The zero-order chi connectivity index (χ0) is 49.6. The second kappa shape index (κ2) is 23.8. The molecule has 3 fully saturated rings. The van der Waals surface area contributed by atoms with Crippen molar-refractivity contribution in [1.82, 2.24) is 4.90 Å². The Hall–Kier alpha value is -2.03. The standard InChI is InChI=1S/C37H67NO13.C6H12O7/c1-14-25-37(10,45)30(41)20(4)27(39)18(2)16-35(8,44)32(51-34-28(40)24(38(11)12)15-19(3)47-34)21(5)29(22(6)33(43)49-25)50-26-17-36(9,46-13)31(42)23(7)48-26;7-1-2(8)3(9)4(10)5(11)6(12)13/h18-26,28-32,34,40-42,44-45H,14-17H2,1-13H3;2-5,7-11H,1H2,(H,12,13)/t18-,19-,20+,21+,22-,23+,24+,25-,26+,28-,29+,30-,31+,32-,34+,35-,36-,37-;2-,3-,4+,5-/m11/s1. The van der Waals surface area contributed by atoms with Crippen LogP contribution in [0.15, 0.2) is 0 Å². The number of hydrogen-bond donors (Lipinski definition) is 11. The number of methoxy groups -OCH3 is 1. The molecular formula is C43H79NO20. The molecule has 0 spiro atoms. The van der Waals surface area contributed by atoms with Crippen molar-refractivity contribution in [1.29, 1.82) is 0 Å². The summed E-state index contributed by atoms with van der Waals surface area (Å²) in [6.07, 6.45) is -17.5. The van der Waals surface area contributed by atoms with Crippen molar-refractivity contribution in [3.8, 4) is 0 Å². The average molecular weight is 930 g/mol. The van der Waals surface area contributed by atoms with Crippen LogP contribution in [0.5, 0.6) is 0 Å². The molecule has 0 amide bonds. The summed E-state index contributed by atoms with van der Waals surface area (Å²) in [7, 11) is 5.18. The van der Waals surface area contributed by atoms with E-state index in [1.807, 2.05) is 25.9 Å². The highest BCUT2D eigenvalue weighted by molar-refractivity contribution is 5.83. The highest BCUT2D eigenvalue weighted by Gasteiger charge is 2.53. The van der Waals surface area contributed by atoms with Crippen LogP contribution >= 0.6 is 0 Å². The van der Waals surface area contributed by atoms with Crippen molar-refractivity contribution >= 4 is 17.7 Å². The smallest absolute Gasteiger partial charge is 0.335 e. The van der Waals surface area contributed by atoms with Crippen LogP contribution in [0.2, 0.25) is 0 Å². The predicted molar refractivity (Wildman–Crippen MR) is 225 cm³/mol. The number of ether oxygens (including phenoxy) is 6. The quantitative estimate of drug-likeness (QED) is 0.0971. The average Bonchev–Trinajstić information content (AvgIpc) is 3.23. The number of aliphatic hydroxyl groups excluding tert-OH is 8. The minimum absolute atomic E-state index is 0.0936. The molecule has 3 saturated heterocycles. The number of rotatable bonds is 12. The fraction of sp³-hybridized carbons (Fsp3) is 0.930. The monoisotopic (exact) mass is 930 g/mol. The Kier molecular flexibility index (Phi) is 21.6. The lowest BCUT2D eigenvalue weighted by Gasteiger charge is -2.49. The van der Waals surface area contributed by atoms with Crippen LogP contribution in [0.3, 0.4) is 0 Å². The Morgan fingerprint density at radius 2 is 1.45 bits per heavy atom. The number of hydrogen-bond acceptors (Lipinski definition) is 20. The number of likely N-dealkylation sites (N-methyl/N-ethyl adjacent to an activating group) is 1. The molecule has 0 saturated carbocycles. The fourth-order valence-electron chi connectivity index (χ4n) is 9.08. The number of aliphatic hydroxyl groups is 10. The van der Waals surface area contributed by atoms with Gasteiger partial charge in [-0.25, -0.2) is 4.79 Å². The van der Waals surface area contributed by atoms with Crippen molar-refractivity contribution in [2.24, 2.45) is 23.7 Å². The Morgan fingerprint density at radius 1 is 0.875 bits per heavy atom. The van der Waals surface area contributed by atoms with Crippen LogP contribution in [0.4, 0.5) is 0 Å². The summed E-state index contributed by atoms with van der Waals surface area (Å²) in [4.78, 5) is 39.9. The lowest BCUT2D eigenvalue weighted by Crippen LogP contribution is -2.61. The summed E-state index contributed by atoms with van der Waals surface area (Å²) >= 11 is 0. The Morgan fingerprint density at radius 3 is 1.95 bits per heavy atom. The Balaban J connectivity index is 0.000000934. The molecule has 0 aromatic carbocycles. The van der Waals surface area contributed by atoms with Crippen molar-refractivity contribution in [2.45, 2.75) is 204 Å². The van der Waals surface area contributed by atoms with E-state index >= 15 is 0 Å². The van der Waals surface area contributed by atoms with Crippen LogP contribution < -0.4 is 0 Å². The van der Waals surface area contributed by atoms with E-state index in [4.69, 9.17) is 59.1 Å². The lowest BCUT2D eigenvalue weighted by atomic mass is 9.74. The largest absolute Gasteiger partial charge is 0.479 e. The van der Waals surface area contributed by atoms with Gasteiger partial charge in [0.1, 0.15) is 48.0 Å². The van der Waals surface area contributed by atoms with Crippen molar-refractivity contribution in [3.05, 3.63) is 0 Å². The normalized spacial score (nSPS) is 43.8. The molecule has 0 unspecified atom stereocenters. The van der Waals surface area contributed by atoms with E-state index in [-0.39, 0.29) is 31.4 Å². The molecule has 3 aliphatic heterocycles. The first-order valence-electron chi connectivity index (χ1n) is 22.0. The van der Waals surface area contributed by atoms with Gasteiger partial charge in [-0.15, -0.1) is 0 Å². The zero-order valence-corrected chi connectivity index (χ0v) is 39.5. The Bertz CT molecular complexity index is 1480. The number of esters is 1. The van der Waals surface area contributed by atoms with E-state index in [9.17, 15) is 39.9 Å². The molecule has 3 heterocycles. The van der Waals surface area contributed by atoms with Gasteiger partial charge in [-0.1, -0.05) is 27.7 Å². The molecule has 376 valence electrons. The molecule has 0 aliphatic carbocycles. The van der Waals surface area contributed by atoms with Gasteiger partial charge in [-0.2, -0.15) is 0 Å². The van der Waals surface area contributed by atoms with Crippen LogP contribution in [0.1, 0.15) is 94.9 Å². The van der Waals surface area contributed by atoms with Gasteiger partial charge < -0.3 is 89.5 Å². The minimum atomic E-state index is -2.20. The lowest BCUT2D eigenvalue weighted by molar-refractivity contribution is -0.318. The van der Waals surface area contributed by atoms with E-state index in [2.05, 4.69) is 0 Å². The number of carbonyl (C=O) groups excluding carboxylic acids is 2. The maximum absolute atomic E-state index is 14.1. The first kappa shape index (κ1) is 58.1. The van der Waals surface area contributed by atoms with Gasteiger partial charge in [-0.3, -0.25) is 9.59 Å². The van der Waals surface area contributed by atoms with Gasteiger partial charge in [0.15, 0.2) is 18.7 Å². The SMILES string of the molecule is CC[C@H]1OC(=O)[C@H](C)[C@@H](O[C@H]2C[C@@](C)(OC)[C@@H](O)[C@H](C)O2)[C@H](C)[C@@H](O[C@@H]2O[C@H](C)C[C@H](N(C)C)[C@H]2O)[C@](C)(O)C[C@@H](C)C(=O)[C@H](C)[C@@H](O)[C@]1(C)O.O=C(O)[C@H](O)[C@@H](O)[C@H](O)[C@H](O)CO. The molecule has 11 N–H and O–H groups in total. The summed E-state index contributed by atoms with van der Waals surface area (Å²) in [5.74, 6) is -6.70. The van der Waals surface area contributed by atoms with Gasteiger partial charge >= 0.3 is 11.9 Å². The molecule has 21 heteroatoms. The fourth-order valence-corrected chi connectivity index (χ4v) is 9.08. The molecule has 0 aromatic heterocycles. The number of carboxylic acid groups (broad SMARTS) is 1. The van der Waals surface area contributed by atoms with E-state index in [1.165, 1.54) is 27.9 Å². The van der Waals surface area contributed by atoms with Gasteiger partial charge in [0.25, 0.3) is 0 Å². The first-order valence-corrected chi connectivity index (χ1v) is 22.0. The number of aliphatic carboxylic acids is 1. The summed E-state index contributed by atoms with van der Waals surface area (Å²) in [6, 6.07) is -0.324. The van der Waals surface area contributed by atoms with E-state index < -0.39 is 145 Å².